The fraction of sp³-hybridized carbons (Fsp3) is 0.873. The van der Waals surface area contributed by atoms with Crippen LogP contribution >= 0.6 is 0 Å². The van der Waals surface area contributed by atoms with Crippen molar-refractivity contribution in [3.05, 3.63) is 24.3 Å². The van der Waals surface area contributed by atoms with Gasteiger partial charge in [0.05, 0.1) is 0 Å². The quantitative estimate of drug-likeness (QED) is 0.0262. The largest absolute Gasteiger partial charge is 0.462 e. The zero-order valence-electron chi connectivity index (χ0n) is 40.9. The van der Waals surface area contributed by atoms with E-state index in [9.17, 15) is 14.4 Å². The van der Waals surface area contributed by atoms with Crippen LogP contribution in [0.25, 0.3) is 0 Å². The van der Waals surface area contributed by atoms with Gasteiger partial charge in [-0.05, 0) is 70.6 Å². The van der Waals surface area contributed by atoms with E-state index < -0.39 is 6.10 Å². The van der Waals surface area contributed by atoms with Crippen molar-refractivity contribution in [2.45, 2.75) is 297 Å². The highest BCUT2D eigenvalue weighted by atomic mass is 16.6. The lowest BCUT2D eigenvalue weighted by Crippen LogP contribution is -2.30. The number of ether oxygens (including phenoxy) is 3. The van der Waals surface area contributed by atoms with Gasteiger partial charge in [-0.25, -0.2) is 0 Å². The number of carbonyl (C=O) groups is 3. The normalized spacial score (nSPS) is 12.1. The third kappa shape index (κ3) is 48.8. The number of unbranched alkanes of at least 4 members (excludes halogenated alkanes) is 34. The Kier molecular flexibility index (Phi) is 48.8. The molecule has 358 valence electrons. The summed E-state index contributed by atoms with van der Waals surface area (Å²) >= 11 is 0. The van der Waals surface area contributed by atoms with E-state index >= 15 is 0 Å². The van der Waals surface area contributed by atoms with E-state index in [-0.39, 0.29) is 31.1 Å². The molecule has 0 fully saturated rings. The van der Waals surface area contributed by atoms with Crippen molar-refractivity contribution in [2.24, 2.45) is 0 Å². The summed E-state index contributed by atoms with van der Waals surface area (Å²) in [7, 11) is 0. The lowest BCUT2D eigenvalue weighted by atomic mass is 10.1. The highest BCUT2D eigenvalue weighted by Gasteiger charge is 2.19. The van der Waals surface area contributed by atoms with E-state index in [0.717, 1.165) is 70.6 Å². The summed E-state index contributed by atoms with van der Waals surface area (Å²) in [5.74, 6) is -0.884. The zero-order valence-corrected chi connectivity index (χ0v) is 40.9. The molecule has 0 aromatic heterocycles. The fourth-order valence-corrected chi connectivity index (χ4v) is 7.84. The summed E-state index contributed by atoms with van der Waals surface area (Å²) < 4.78 is 16.8. The molecule has 1 unspecified atom stereocenters. The van der Waals surface area contributed by atoms with Gasteiger partial charge in [-0.3, -0.25) is 14.4 Å². The van der Waals surface area contributed by atoms with E-state index in [0.29, 0.717) is 19.3 Å². The van der Waals surface area contributed by atoms with Gasteiger partial charge in [0, 0.05) is 19.3 Å². The molecule has 0 saturated carbocycles. The van der Waals surface area contributed by atoms with Gasteiger partial charge >= 0.3 is 17.9 Å². The second-order valence-corrected chi connectivity index (χ2v) is 18.1. The van der Waals surface area contributed by atoms with Crippen LogP contribution in [-0.4, -0.2) is 37.2 Å². The van der Waals surface area contributed by atoms with Gasteiger partial charge in [-0.15, -0.1) is 0 Å². The van der Waals surface area contributed by atoms with E-state index in [1.807, 2.05) is 0 Å². The fourth-order valence-electron chi connectivity index (χ4n) is 7.84. The molecule has 0 spiro atoms. The van der Waals surface area contributed by atoms with Gasteiger partial charge < -0.3 is 14.2 Å². The predicted octanol–water partition coefficient (Wildman–Crippen LogP) is 17.5. The van der Waals surface area contributed by atoms with Gasteiger partial charge in [0.1, 0.15) is 13.2 Å². The van der Waals surface area contributed by atoms with E-state index in [2.05, 4.69) is 45.1 Å². The van der Waals surface area contributed by atoms with Crippen LogP contribution in [0.5, 0.6) is 0 Å². The van der Waals surface area contributed by atoms with Crippen LogP contribution in [0.2, 0.25) is 0 Å². The van der Waals surface area contributed by atoms with Gasteiger partial charge in [0.2, 0.25) is 0 Å². The first-order valence-corrected chi connectivity index (χ1v) is 26.8. The molecular formula is C55H102O6. The average molecular weight is 859 g/mol. The number of hydrogen-bond acceptors (Lipinski definition) is 6. The molecule has 6 heteroatoms. The lowest BCUT2D eigenvalue weighted by molar-refractivity contribution is -0.167. The van der Waals surface area contributed by atoms with Crippen LogP contribution in [0.3, 0.4) is 0 Å². The third-order valence-electron chi connectivity index (χ3n) is 11.9. The first-order chi connectivity index (χ1) is 30.0. The molecule has 61 heavy (non-hydrogen) atoms. The Hall–Kier alpha value is -2.11. The molecule has 0 aromatic carbocycles. The number of carbonyl (C=O) groups excluding carboxylic acids is 3. The molecule has 6 nitrogen and oxygen atoms in total. The third-order valence-corrected chi connectivity index (χ3v) is 11.9. The van der Waals surface area contributed by atoms with E-state index in [4.69, 9.17) is 14.2 Å². The highest BCUT2D eigenvalue weighted by Crippen LogP contribution is 2.15. The first-order valence-electron chi connectivity index (χ1n) is 26.8. The molecule has 0 aliphatic heterocycles. The molecule has 0 aliphatic carbocycles. The first kappa shape index (κ1) is 58.9. The average Bonchev–Trinajstić information content (AvgIpc) is 3.26. The summed E-state index contributed by atoms with van der Waals surface area (Å²) in [6.07, 6.45) is 57.4. The predicted molar refractivity (Wildman–Crippen MR) is 261 cm³/mol. The Morgan fingerprint density at radius 1 is 0.311 bits per heavy atom. The molecule has 0 rings (SSSR count). The summed E-state index contributed by atoms with van der Waals surface area (Å²) in [6, 6.07) is 0. The summed E-state index contributed by atoms with van der Waals surface area (Å²) in [4.78, 5) is 37.9. The van der Waals surface area contributed by atoms with Crippen LogP contribution in [0.4, 0.5) is 0 Å². The molecule has 0 aromatic rings. The maximum absolute atomic E-state index is 12.8. The molecule has 0 heterocycles. The minimum Gasteiger partial charge on any atom is -0.462 e. The van der Waals surface area contributed by atoms with Crippen molar-refractivity contribution in [3.63, 3.8) is 0 Å². The lowest BCUT2D eigenvalue weighted by Gasteiger charge is -2.18. The molecule has 0 saturated heterocycles. The Morgan fingerprint density at radius 2 is 0.541 bits per heavy atom. The van der Waals surface area contributed by atoms with Crippen molar-refractivity contribution in [1.82, 2.24) is 0 Å². The Balaban J connectivity index is 4.30. The van der Waals surface area contributed by atoms with Gasteiger partial charge in [-0.1, -0.05) is 225 Å². The SMILES string of the molecule is CCCCCCCCC/C=C\CCCCCC(=O)OC(COC(=O)CCCCCCCCC/C=C\CCCCCCCCCC)COC(=O)CCCCCCCCCCCC. The molecule has 0 bridgehead atoms. The number of hydrogen-bond donors (Lipinski definition) is 0. The summed E-state index contributed by atoms with van der Waals surface area (Å²) in [5.41, 5.74) is 0. The minimum absolute atomic E-state index is 0.0752. The zero-order chi connectivity index (χ0) is 44.4. The van der Waals surface area contributed by atoms with E-state index in [1.165, 1.54) is 180 Å². The highest BCUT2D eigenvalue weighted by molar-refractivity contribution is 5.71. The Morgan fingerprint density at radius 3 is 0.836 bits per heavy atom. The van der Waals surface area contributed by atoms with Gasteiger partial charge in [0.25, 0.3) is 0 Å². The van der Waals surface area contributed by atoms with Crippen LogP contribution in [-0.2, 0) is 28.6 Å². The standard InChI is InChI=1S/C55H102O6/c1-4-7-10-13-16-19-22-24-26-27-28-29-30-32-33-36-39-42-45-48-54(57)60-51-52(50-59-53(56)47-44-41-38-35-21-18-15-12-9-6-3)61-55(58)49-46-43-40-37-34-31-25-23-20-17-14-11-8-5-2/h27-28,31,34,52H,4-26,29-30,32-33,35-51H2,1-3H3/b28-27-,34-31-. The monoisotopic (exact) mass is 859 g/mol. The van der Waals surface area contributed by atoms with Crippen molar-refractivity contribution in [1.29, 1.82) is 0 Å². The Labute approximate surface area is 379 Å². The summed E-state index contributed by atoms with van der Waals surface area (Å²) in [5, 5.41) is 0. The molecule has 0 N–H and O–H groups in total. The Bertz CT molecular complexity index is 989. The van der Waals surface area contributed by atoms with Gasteiger partial charge in [0.15, 0.2) is 6.10 Å². The summed E-state index contributed by atoms with van der Waals surface area (Å²) in [6.45, 7) is 6.63. The van der Waals surface area contributed by atoms with Crippen molar-refractivity contribution < 1.29 is 28.6 Å². The van der Waals surface area contributed by atoms with Crippen molar-refractivity contribution in [2.75, 3.05) is 13.2 Å². The van der Waals surface area contributed by atoms with E-state index in [1.54, 1.807) is 0 Å². The van der Waals surface area contributed by atoms with Gasteiger partial charge in [-0.2, -0.15) is 0 Å². The second kappa shape index (κ2) is 50.5. The van der Waals surface area contributed by atoms with Crippen LogP contribution in [0, 0.1) is 0 Å². The van der Waals surface area contributed by atoms with Crippen LogP contribution < -0.4 is 0 Å². The maximum Gasteiger partial charge on any atom is 0.306 e. The second-order valence-electron chi connectivity index (χ2n) is 18.1. The molecular weight excluding hydrogens is 757 g/mol. The smallest absolute Gasteiger partial charge is 0.306 e. The number of allylic oxidation sites excluding steroid dienone is 4. The minimum atomic E-state index is -0.775. The molecule has 0 amide bonds. The van der Waals surface area contributed by atoms with Crippen LogP contribution in [0.15, 0.2) is 24.3 Å². The van der Waals surface area contributed by atoms with Crippen molar-refractivity contribution >= 4 is 17.9 Å². The topological polar surface area (TPSA) is 78.9 Å². The van der Waals surface area contributed by atoms with Crippen molar-refractivity contribution in [3.8, 4) is 0 Å². The number of esters is 3. The van der Waals surface area contributed by atoms with Crippen LogP contribution in [0.1, 0.15) is 290 Å². The molecule has 0 radical (unpaired) electrons. The number of rotatable bonds is 49. The molecule has 0 aliphatic rings. The maximum atomic E-state index is 12.8. The molecule has 1 atom stereocenters.